The fourth-order valence-corrected chi connectivity index (χ4v) is 2.42. The van der Waals surface area contributed by atoms with Crippen LogP contribution in [-0.4, -0.2) is 38.9 Å². The third-order valence-corrected chi connectivity index (χ3v) is 3.31. The maximum atomic E-state index is 10.6. The third-order valence-electron chi connectivity index (χ3n) is 3.31. The lowest BCUT2D eigenvalue weighted by molar-refractivity contribution is -0.108. The Hall–Kier alpha value is -1.98. The molecule has 6 heteroatoms. The van der Waals surface area contributed by atoms with Crippen molar-refractivity contribution in [1.82, 2.24) is 19.5 Å². The van der Waals surface area contributed by atoms with Gasteiger partial charge in [0, 0.05) is 13.1 Å². The standard InChI is InChI=1S/C12H15N5O/c18-7-6-17-9-15-10-11(13-8-14-12(10)17)16-4-2-1-3-5-16/h7-9H,1-6H2. The first-order valence-electron chi connectivity index (χ1n) is 6.24. The van der Waals surface area contributed by atoms with Gasteiger partial charge >= 0.3 is 0 Å². The smallest absolute Gasteiger partial charge is 0.165 e. The first kappa shape index (κ1) is 11.1. The predicted octanol–water partition coefficient (Wildman–Crippen LogP) is 1.02. The average Bonchev–Trinajstić information content (AvgIpc) is 2.84. The summed E-state index contributed by atoms with van der Waals surface area (Å²) in [4.78, 5) is 25.8. The van der Waals surface area contributed by atoms with E-state index >= 15 is 0 Å². The normalized spacial score (nSPS) is 16.1. The SMILES string of the molecule is O=CCn1cnc2c(N3CCCCC3)ncnc21. The highest BCUT2D eigenvalue weighted by Gasteiger charge is 2.17. The zero-order chi connectivity index (χ0) is 12.4. The number of rotatable bonds is 3. The van der Waals surface area contributed by atoms with Crippen LogP contribution in [-0.2, 0) is 11.3 Å². The molecule has 3 rings (SSSR count). The lowest BCUT2D eigenvalue weighted by Crippen LogP contribution is -2.30. The Morgan fingerprint density at radius 2 is 2.00 bits per heavy atom. The van der Waals surface area contributed by atoms with Crippen molar-refractivity contribution in [2.45, 2.75) is 25.8 Å². The van der Waals surface area contributed by atoms with Crippen molar-refractivity contribution in [2.75, 3.05) is 18.0 Å². The predicted molar refractivity (Wildman–Crippen MR) is 67.5 cm³/mol. The number of aldehydes is 1. The maximum Gasteiger partial charge on any atom is 0.165 e. The topological polar surface area (TPSA) is 63.9 Å². The highest BCUT2D eigenvalue weighted by atomic mass is 16.1. The lowest BCUT2D eigenvalue weighted by atomic mass is 10.1. The van der Waals surface area contributed by atoms with Crippen molar-refractivity contribution < 1.29 is 4.79 Å². The zero-order valence-corrected chi connectivity index (χ0v) is 10.1. The van der Waals surface area contributed by atoms with Crippen molar-refractivity contribution in [1.29, 1.82) is 0 Å². The Balaban J connectivity index is 2.03. The fourth-order valence-electron chi connectivity index (χ4n) is 2.42. The molecule has 1 aliphatic rings. The third kappa shape index (κ3) is 1.83. The highest BCUT2D eigenvalue weighted by Crippen LogP contribution is 2.24. The number of fused-ring (bicyclic) bond motifs is 1. The van der Waals surface area contributed by atoms with Crippen LogP contribution in [0, 0.1) is 0 Å². The number of carbonyl (C=O) groups is 1. The number of anilines is 1. The van der Waals surface area contributed by atoms with Crippen LogP contribution in [0.2, 0.25) is 0 Å². The molecule has 0 radical (unpaired) electrons. The molecule has 0 amide bonds. The van der Waals surface area contributed by atoms with Gasteiger partial charge in [-0.2, -0.15) is 0 Å². The van der Waals surface area contributed by atoms with Crippen molar-refractivity contribution in [3.8, 4) is 0 Å². The Morgan fingerprint density at radius 3 is 2.78 bits per heavy atom. The van der Waals surface area contributed by atoms with Crippen LogP contribution in [0.25, 0.3) is 11.2 Å². The van der Waals surface area contributed by atoms with Gasteiger partial charge in [0.05, 0.1) is 12.9 Å². The summed E-state index contributed by atoms with van der Waals surface area (Å²) in [7, 11) is 0. The minimum absolute atomic E-state index is 0.285. The van der Waals surface area contributed by atoms with E-state index in [0.717, 1.165) is 36.4 Å². The molecule has 0 unspecified atom stereocenters. The second kappa shape index (κ2) is 4.72. The van der Waals surface area contributed by atoms with Crippen LogP contribution in [0.5, 0.6) is 0 Å². The van der Waals surface area contributed by atoms with Gasteiger partial charge < -0.3 is 14.3 Å². The minimum Gasteiger partial charge on any atom is -0.355 e. The molecule has 2 aromatic heterocycles. The van der Waals surface area contributed by atoms with E-state index in [2.05, 4.69) is 19.9 Å². The Labute approximate surface area is 105 Å². The van der Waals surface area contributed by atoms with Crippen molar-refractivity contribution >= 4 is 23.3 Å². The van der Waals surface area contributed by atoms with Gasteiger partial charge in [-0.05, 0) is 19.3 Å². The van der Waals surface area contributed by atoms with Crippen LogP contribution < -0.4 is 4.90 Å². The van der Waals surface area contributed by atoms with Gasteiger partial charge in [-0.15, -0.1) is 0 Å². The summed E-state index contributed by atoms with van der Waals surface area (Å²) in [5, 5.41) is 0. The number of aromatic nitrogens is 4. The molecule has 0 bridgehead atoms. The van der Waals surface area contributed by atoms with Gasteiger partial charge in [-0.25, -0.2) is 15.0 Å². The summed E-state index contributed by atoms with van der Waals surface area (Å²) in [5.41, 5.74) is 1.53. The molecular weight excluding hydrogens is 230 g/mol. The van der Waals surface area contributed by atoms with Gasteiger partial charge in [0.1, 0.15) is 12.6 Å². The Kier molecular flexibility index (Phi) is 2.92. The minimum atomic E-state index is 0.285. The monoisotopic (exact) mass is 245 g/mol. The molecule has 1 fully saturated rings. The van der Waals surface area contributed by atoms with Gasteiger partial charge in [-0.3, -0.25) is 0 Å². The number of piperidine rings is 1. The van der Waals surface area contributed by atoms with Crippen molar-refractivity contribution in [3.63, 3.8) is 0 Å². The van der Waals surface area contributed by atoms with Crippen LogP contribution in [0.1, 0.15) is 19.3 Å². The summed E-state index contributed by atoms with van der Waals surface area (Å²) in [6.45, 7) is 2.33. The van der Waals surface area contributed by atoms with Gasteiger partial charge in [0.25, 0.3) is 0 Å². The average molecular weight is 245 g/mol. The van der Waals surface area contributed by atoms with Gasteiger partial charge in [0.15, 0.2) is 17.0 Å². The molecule has 0 atom stereocenters. The van der Waals surface area contributed by atoms with E-state index in [4.69, 9.17) is 0 Å². The van der Waals surface area contributed by atoms with Crippen LogP contribution >= 0.6 is 0 Å². The van der Waals surface area contributed by atoms with Gasteiger partial charge in [-0.1, -0.05) is 0 Å². The fraction of sp³-hybridized carbons (Fsp3) is 0.500. The second-order valence-corrected chi connectivity index (χ2v) is 4.48. The molecule has 18 heavy (non-hydrogen) atoms. The van der Waals surface area contributed by atoms with E-state index in [-0.39, 0.29) is 6.54 Å². The number of hydrogen-bond acceptors (Lipinski definition) is 5. The maximum absolute atomic E-state index is 10.6. The zero-order valence-electron chi connectivity index (χ0n) is 10.1. The summed E-state index contributed by atoms with van der Waals surface area (Å²) in [6.07, 6.45) is 7.73. The van der Waals surface area contributed by atoms with E-state index in [1.807, 2.05) is 0 Å². The molecule has 0 aliphatic carbocycles. The summed E-state index contributed by atoms with van der Waals surface area (Å²) >= 11 is 0. The molecule has 0 saturated carbocycles. The Bertz CT molecular complexity index is 559. The van der Waals surface area contributed by atoms with Crippen molar-refractivity contribution in [2.24, 2.45) is 0 Å². The molecule has 0 N–H and O–H groups in total. The molecule has 0 aromatic carbocycles. The van der Waals surface area contributed by atoms with Crippen LogP contribution in [0.3, 0.4) is 0 Å². The van der Waals surface area contributed by atoms with Crippen LogP contribution in [0.4, 0.5) is 5.82 Å². The summed E-state index contributed by atoms with van der Waals surface area (Å²) < 4.78 is 1.75. The second-order valence-electron chi connectivity index (χ2n) is 4.48. The number of imidazole rings is 1. The van der Waals surface area contributed by atoms with E-state index in [9.17, 15) is 4.79 Å². The quantitative estimate of drug-likeness (QED) is 0.755. The molecule has 0 spiro atoms. The van der Waals surface area contributed by atoms with Crippen LogP contribution in [0.15, 0.2) is 12.7 Å². The van der Waals surface area contributed by atoms with Crippen molar-refractivity contribution in [3.05, 3.63) is 12.7 Å². The summed E-state index contributed by atoms with van der Waals surface area (Å²) in [5.74, 6) is 0.893. The largest absolute Gasteiger partial charge is 0.355 e. The first-order chi connectivity index (χ1) is 8.90. The molecule has 94 valence electrons. The van der Waals surface area contributed by atoms with E-state index in [1.54, 1.807) is 17.2 Å². The number of carbonyl (C=O) groups excluding carboxylic acids is 1. The molecule has 6 nitrogen and oxygen atoms in total. The highest BCUT2D eigenvalue weighted by molar-refractivity contribution is 5.83. The van der Waals surface area contributed by atoms with E-state index < -0.39 is 0 Å². The van der Waals surface area contributed by atoms with E-state index in [0.29, 0.717) is 0 Å². The van der Waals surface area contributed by atoms with E-state index in [1.165, 1.54) is 19.3 Å². The molecule has 2 aromatic rings. The van der Waals surface area contributed by atoms with Gasteiger partial charge in [0.2, 0.25) is 0 Å². The molecule has 1 aliphatic heterocycles. The number of hydrogen-bond donors (Lipinski definition) is 0. The lowest BCUT2D eigenvalue weighted by Gasteiger charge is -2.27. The molecule has 3 heterocycles. The summed E-state index contributed by atoms with van der Waals surface area (Å²) in [6, 6.07) is 0. The Morgan fingerprint density at radius 1 is 1.17 bits per heavy atom. The number of nitrogens with zero attached hydrogens (tertiary/aromatic N) is 5. The first-order valence-corrected chi connectivity index (χ1v) is 6.24. The molecular formula is C12H15N5O. The molecule has 1 saturated heterocycles.